The summed E-state index contributed by atoms with van der Waals surface area (Å²) < 4.78 is 11.5. The molecule has 0 fully saturated rings. The molecule has 1 heterocycles. The average molecular weight is 416 g/mol. The van der Waals surface area contributed by atoms with Crippen LogP contribution in [0.15, 0.2) is 78.9 Å². The van der Waals surface area contributed by atoms with E-state index >= 15 is 0 Å². The van der Waals surface area contributed by atoms with E-state index in [0.29, 0.717) is 30.3 Å². The number of hydrogen-bond acceptors (Lipinski definition) is 4. The van der Waals surface area contributed by atoms with Crippen molar-refractivity contribution in [3.63, 3.8) is 0 Å². The number of carbonyl (C=O) groups is 2. The Morgan fingerprint density at radius 1 is 1.03 bits per heavy atom. The third-order valence-corrected chi connectivity index (χ3v) is 4.99. The Bertz CT molecular complexity index is 1050. The van der Waals surface area contributed by atoms with Gasteiger partial charge in [-0.2, -0.15) is 0 Å². The van der Waals surface area contributed by atoms with Crippen molar-refractivity contribution in [3.8, 4) is 11.5 Å². The van der Waals surface area contributed by atoms with Crippen LogP contribution in [0.5, 0.6) is 11.5 Å². The highest BCUT2D eigenvalue weighted by atomic mass is 16.5. The second kappa shape index (κ2) is 9.34. The fourth-order valence-electron chi connectivity index (χ4n) is 3.48. The van der Waals surface area contributed by atoms with Gasteiger partial charge in [0.25, 0.3) is 5.91 Å². The molecule has 0 saturated heterocycles. The van der Waals surface area contributed by atoms with Crippen LogP contribution in [0, 0.1) is 0 Å². The average Bonchev–Trinajstić information content (AvgIpc) is 2.77. The summed E-state index contributed by atoms with van der Waals surface area (Å²) in [4.78, 5) is 26.7. The number of fused-ring (bicyclic) bond motifs is 1. The normalized spacial score (nSPS) is 15.1. The second-order valence-corrected chi connectivity index (χ2v) is 7.30. The molecule has 0 aliphatic carbocycles. The van der Waals surface area contributed by atoms with Crippen molar-refractivity contribution in [3.05, 3.63) is 84.4 Å². The van der Waals surface area contributed by atoms with Gasteiger partial charge < -0.3 is 19.7 Å². The topological polar surface area (TPSA) is 67.9 Å². The van der Waals surface area contributed by atoms with E-state index in [-0.39, 0.29) is 18.2 Å². The Kier molecular flexibility index (Phi) is 6.17. The van der Waals surface area contributed by atoms with Crippen LogP contribution in [0.1, 0.15) is 12.5 Å². The summed E-state index contributed by atoms with van der Waals surface area (Å²) in [6.45, 7) is 2.47. The summed E-state index contributed by atoms with van der Waals surface area (Å²) in [6.07, 6.45) is -0.323. The first-order valence-electron chi connectivity index (χ1n) is 10.2. The standard InChI is InChI=1S/C25H24N2O4/c1-18-25(29)27(14-15-30-21-10-6-3-7-11-21)22-13-12-20(17-23(22)31-18)26-24(28)16-19-8-4-2-5-9-19/h2-13,17-18H,14-16H2,1H3,(H,26,28). The van der Waals surface area contributed by atoms with Gasteiger partial charge in [-0.3, -0.25) is 9.59 Å². The molecule has 3 aromatic rings. The highest BCUT2D eigenvalue weighted by Gasteiger charge is 2.31. The third-order valence-electron chi connectivity index (χ3n) is 4.99. The molecule has 6 nitrogen and oxygen atoms in total. The summed E-state index contributed by atoms with van der Waals surface area (Å²) in [7, 11) is 0. The predicted octanol–water partition coefficient (Wildman–Crippen LogP) is 4.06. The van der Waals surface area contributed by atoms with Crippen LogP contribution in [-0.4, -0.2) is 31.1 Å². The van der Waals surface area contributed by atoms with Gasteiger partial charge in [0.05, 0.1) is 18.7 Å². The number of rotatable bonds is 7. The smallest absolute Gasteiger partial charge is 0.267 e. The molecule has 3 aromatic carbocycles. The molecule has 4 rings (SSSR count). The molecule has 1 aliphatic heterocycles. The van der Waals surface area contributed by atoms with Crippen molar-refractivity contribution in [2.75, 3.05) is 23.4 Å². The first kappa shape index (κ1) is 20.5. The zero-order valence-corrected chi connectivity index (χ0v) is 17.3. The lowest BCUT2D eigenvalue weighted by molar-refractivity contribution is -0.125. The first-order valence-corrected chi connectivity index (χ1v) is 10.2. The van der Waals surface area contributed by atoms with Crippen molar-refractivity contribution in [2.45, 2.75) is 19.4 Å². The van der Waals surface area contributed by atoms with E-state index in [0.717, 1.165) is 11.3 Å². The van der Waals surface area contributed by atoms with Crippen molar-refractivity contribution < 1.29 is 19.1 Å². The SMILES string of the molecule is CC1Oc2cc(NC(=O)Cc3ccccc3)ccc2N(CCOc2ccccc2)C1=O. The molecule has 1 N–H and O–H groups in total. The Labute approximate surface area is 181 Å². The molecule has 158 valence electrons. The Morgan fingerprint density at radius 3 is 2.48 bits per heavy atom. The number of para-hydroxylation sites is 1. The van der Waals surface area contributed by atoms with Crippen LogP contribution < -0.4 is 19.7 Å². The summed E-state index contributed by atoms with van der Waals surface area (Å²) >= 11 is 0. The van der Waals surface area contributed by atoms with E-state index in [1.807, 2.05) is 60.7 Å². The van der Waals surface area contributed by atoms with Crippen molar-refractivity contribution in [2.24, 2.45) is 0 Å². The van der Waals surface area contributed by atoms with Gasteiger partial charge in [-0.25, -0.2) is 0 Å². The van der Waals surface area contributed by atoms with Gasteiger partial charge in [-0.15, -0.1) is 0 Å². The van der Waals surface area contributed by atoms with Gasteiger partial charge in [0.2, 0.25) is 5.91 Å². The molecule has 0 bridgehead atoms. The highest BCUT2D eigenvalue weighted by molar-refractivity contribution is 6.00. The van der Waals surface area contributed by atoms with E-state index < -0.39 is 6.10 Å². The molecule has 0 saturated carbocycles. The molecular formula is C25H24N2O4. The molecule has 31 heavy (non-hydrogen) atoms. The van der Waals surface area contributed by atoms with Crippen LogP contribution in [0.2, 0.25) is 0 Å². The maximum Gasteiger partial charge on any atom is 0.267 e. The van der Waals surface area contributed by atoms with Crippen LogP contribution in [-0.2, 0) is 16.0 Å². The molecule has 0 aromatic heterocycles. The molecule has 0 radical (unpaired) electrons. The minimum atomic E-state index is -0.612. The number of ether oxygens (including phenoxy) is 2. The second-order valence-electron chi connectivity index (χ2n) is 7.30. The summed E-state index contributed by atoms with van der Waals surface area (Å²) in [5.41, 5.74) is 2.24. The maximum absolute atomic E-state index is 12.7. The van der Waals surface area contributed by atoms with Gasteiger partial charge in [-0.1, -0.05) is 48.5 Å². The van der Waals surface area contributed by atoms with Crippen LogP contribution in [0.25, 0.3) is 0 Å². The molecule has 1 atom stereocenters. The lowest BCUT2D eigenvalue weighted by Gasteiger charge is -2.33. The number of anilines is 2. The highest BCUT2D eigenvalue weighted by Crippen LogP contribution is 2.36. The van der Waals surface area contributed by atoms with Crippen LogP contribution >= 0.6 is 0 Å². The number of nitrogens with one attached hydrogen (secondary N) is 1. The van der Waals surface area contributed by atoms with E-state index in [4.69, 9.17) is 9.47 Å². The quantitative estimate of drug-likeness (QED) is 0.631. The van der Waals surface area contributed by atoms with E-state index in [1.165, 1.54) is 0 Å². The zero-order chi connectivity index (χ0) is 21.6. The van der Waals surface area contributed by atoms with Gasteiger partial charge in [0.15, 0.2) is 6.10 Å². The van der Waals surface area contributed by atoms with Crippen molar-refractivity contribution in [1.29, 1.82) is 0 Å². The summed E-state index contributed by atoms with van der Waals surface area (Å²) in [5.74, 6) is 1.08. The van der Waals surface area contributed by atoms with Gasteiger partial charge >= 0.3 is 0 Å². The predicted molar refractivity (Wildman–Crippen MR) is 120 cm³/mol. The van der Waals surface area contributed by atoms with E-state index in [9.17, 15) is 9.59 Å². The summed E-state index contributed by atoms with van der Waals surface area (Å²) in [5, 5.41) is 2.90. The van der Waals surface area contributed by atoms with E-state index in [2.05, 4.69) is 5.32 Å². The monoisotopic (exact) mass is 416 g/mol. The lowest BCUT2D eigenvalue weighted by atomic mass is 10.1. The molecule has 1 unspecified atom stereocenters. The summed E-state index contributed by atoms with van der Waals surface area (Å²) in [6, 6.07) is 24.4. The Morgan fingerprint density at radius 2 is 1.74 bits per heavy atom. The van der Waals surface area contributed by atoms with Crippen molar-refractivity contribution in [1.82, 2.24) is 0 Å². The zero-order valence-electron chi connectivity index (χ0n) is 17.3. The van der Waals surface area contributed by atoms with Gasteiger partial charge in [0, 0.05) is 11.8 Å². The number of benzene rings is 3. The number of amides is 2. The molecule has 1 aliphatic rings. The Balaban J connectivity index is 1.43. The molecule has 0 spiro atoms. The first-order chi connectivity index (χ1) is 15.1. The largest absolute Gasteiger partial charge is 0.492 e. The fraction of sp³-hybridized carbons (Fsp3) is 0.200. The number of carbonyl (C=O) groups excluding carboxylic acids is 2. The van der Waals surface area contributed by atoms with Crippen LogP contribution in [0.4, 0.5) is 11.4 Å². The minimum absolute atomic E-state index is 0.112. The third kappa shape index (κ3) is 5.04. The minimum Gasteiger partial charge on any atom is -0.492 e. The van der Waals surface area contributed by atoms with E-state index in [1.54, 1.807) is 30.0 Å². The number of nitrogens with zero attached hydrogens (tertiary/aromatic N) is 1. The molecule has 6 heteroatoms. The van der Waals surface area contributed by atoms with Gasteiger partial charge in [-0.05, 0) is 36.8 Å². The Hall–Kier alpha value is -3.80. The number of hydrogen-bond donors (Lipinski definition) is 1. The molecular weight excluding hydrogens is 392 g/mol. The molecule has 2 amide bonds. The fourth-order valence-corrected chi connectivity index (χ4v) is 3.48. The maximum atomic E-state index is 12.7. The van der Waals surface area contributed by atoms with Crippen LogP contribution in [0.3, 0.4) is 0 Å². The lowest BCUT2D eigenvalue weighted by Crippen LogP contribution is -2.46. The van der Waals surface area contributed by atoms with Gasteiger partial charge in [0.1, 0.15) is 18.1 Å². The van der Waals surface area contributed by atoms with Crippen molar-refractivity contribution >= 4 is 23.2 Å².